The average molecular weight is 369 g/mol. The first-order valence-electron chi connectivity index (χ1n) is 6.43. The summed E-state index contributed by atoms with van der Waals surface area (Å²) < 4.78 is 25.9. The Hall–Kier alpha value is -2.02. The lowest BCUT2D eigenvalue weighted by molar-refractivity contribution is 0.477. The average Bonchev–Trinajstić information content (AvgIpc) is 3.00. The number of benzene rings is 2. The van der Waals surface area contributed by atoms with Crippen LogP contribution < -0.4 is 0 Å². The standard InChI is InChI=1S/C15H10Cl2N2O3S/c16-10-1-4-12(5-2-10)23(21,22)19-8-7-14(18-19)13-9-11(17)3-6-15(13)20/h1-9,20H. The molecule has 0 atom stereocenters. The van der Waals surface area contributed by atoms with Crippen LogP contribution in [0.2, 0.25) is 10.0 Å². The molecule has 0 unspecified atom stereocenters. The molecule has 0 fully saturated rings. The molecule has 23 heavy (non-hydrogen) atoms. The van der Waals surface area contributed by atoms with E-state index in [1.54, 1.807) is 0 Å². The summed E-state index contributed by atoms with van der Waals surface area (Å²) in [5.74, 6) is -0.0384. The Morgan fingerprint density at radius 3 is 2.30 bits per heavy atom. The fraction of sp³-hybridized carbons (Fsp3) is 0. The minimum absolute atomic E-state index is 0.0384. The molecular weight excluding hydrogens is 359 g/mol. The highest BCUT2D eigenvalue weighted by Crippen LogP contribution is 2.31. The topological polar surface area (TPSA) is 72.2 Å². The number of aromatic hydroxyl groups is 1. The number of hydrogen-bond donors (Lipinski definition) is 1. The van der Waals surface area contributed by atoms with E-state index >= 15 is 0 Å². The maximum Gasteiger partial charge on any atom is 0.282 e. The number of aromatic nitrogens is 2. The summed E-state index contributed by atoms with van der Waals surface area (Å²) in [7, 11) is -3.83. The van der Waals surface area contributed by atoms with Gasteiger partial charge in [0.25, 0.3) is 10.0 Å². The van der Waals surface area contributed by atoms with Gasteiger partial charge in [-0.25, -0.2) is 0 Å². The number of halogens is 2. The van der Waals surface area contributed by atoms with Crippen molar-refractivity contribution in [3.05, 3.63) is 64.8 Å². The highest BCUT2D eigenvalue weighted by Gasteiger charge is 2.19. The van der Waals surface area contributed by atoms with Gasteiger partial charge in [-0.1, -0.05) is 23.2 Å². The van der Waals surface area contributed by atoms with Crippen LogP contribution >= 0.6 is 23.2 Å². The van der Waals surface area contributed by atoms with Crippen LogP contribution in [0.25, 0.3) is 11.3 Å². The number of nitrogens with zero attached hydrogens (tertiary/aromatic N) is 2. The van der Waals surface area contributed by atoms with E-state index in [4.69, 9.17) is 23.2 Å². The molecule has 0 saturated heterocycles. The lowest BCUT2D eigenvalue weighted by Crippen LogP contribution is -2.13. The van der Waals surface area contributed by atoms with E-state index in [0.29, 0.717) is 21.3 Å². The van der Waals surface area contributed by atoms with Crippen LogP contribution in [-0.4, -0.2) is 22.7 Å². The lowest BCUT2D eigenvalue weighted by Gasteiger charge is -2.05. The first kappa shape index (κ1) is 15.9. The van der Waals surface area contributed by atoms with Crippen molar-refractivity contribution in [3.8, 4) is 17.0 Å². The molecule has 0 saturated carbocycles. The van der Waals surface area contributed by atoms with Crippen LogP contribution in [0, 0.1) is 0 Å². The minimum atomic E-state index is -3.83. The van der Waals surface area contributed by atoms with Gasteiger partial charge in [0.15, 0.2) is 0 Å². The van der Waals surface area contributed by atoms with Crippen molar-refractivity contribution in [2.75, 3.05) is 0 Å². The third-order valence-corrected chi connectivity index (χ3v) is 5.21. The number of phenolic OH excluding ortho intramolecular Hbond substituents is 1. The molecule has 0 spiro atoms. The zero-order valence-corrected chi connectivity index (χ0v) is 13.8. The summed E-state index contributed by atoms with van der Waals surface area (Å²) in [6.45, 7) is 0. The molecule has 0 bridgehead atoms. The van der Waals surface area contributed by atoms with Gasteiger partial charge in [-0.2, -0.15) is 17.6 Å². The Labute approximate surface area is 142 Å². The van der Waals surface area contributed by atoms with E-state index in [1.165, 1.54) is 54.7 Å². The zero-order chi connectivity index (χ0) is 16.6. The van der Waals surface area contributed by atoms with Gasteiger partial charge in [0.05, 0.1) is 10.6 Å². The van der Waals surface area contributed by atoms with Crippen LogP contribution in [0.4, 0.5) is 0 Å². The maximum absolute atomic E-state index is 12.5. The predicted molar refractivity (Wildman–Crippen MR) is 88.4 cm³/mol. The third-order valence-electron chi connectivity index (χ3n) is 3.16. The molecule has 0 amide bonds. The highest BCUT2D eigenvalue weighted by atomic mass is 35.5. The zero-order valence-electron chi connectivity index (χ0n) is 11.5. The number of hydrogen-bond acceptors (Lipinski definition) is 4. The van der Waals surface area contributed by atoms with Gasteiger partial charge < -0.3 is 5.11 Å². The second-order valence-corrected chi connectivity index (χ2v) is 7.36. The van der Waals surface area contributed by atoms with Crippen molar-refractivity contribution in [2.24, 2.45) is 0 Å². The second kappa shape index (κ2) is 5.88. The molecule has 3 rings (SSSR count). The molecule has 1 heterocycles. The Kier molecular flexibility index (Phi) is 4.06. The summed E-state index contributed by atoms with van der Waals surface area (Å²) in [6, 6.07) is 11.7. The Morgan fingerprint density at radius 1 is 0.957 bits per heavy atom. The summed E-state index contributed by atoms with van der Waals surface area (Å²) >= 11 is 11.7. The van der Waals surface area contributed by atoms with Gasteiger partial charge in [0.2, 0.25) is 0 Å². The molecule has 8 heteroatoms. The largest absolute Gasteiger partial charge is 0.507 e. The molecule has 0 aliphatic carbocycles. The van der Waals surface area contributed by atoms with Crippen molar-refractivity contribution in [1.29, 1.82) is 0 Å². The summed E-state index contributed by atoms with van der Waals surface area (Å²) in [5.41, 5.74) is 0.644. The highest BCUT2D eigenvalue weighted by molar-refractivity contribution is 7.89. The van der Waals surface area contributed by atoms with E-state index in [-0.39, 0.29) is 10.6 Å². The summed E-state index contributed by atoms with van der Waals surface area (Å²) in [6.07, 6.45) is 1.31. The van der Waals surface area contributed by atoms with E-state index in [9.17, 15) is 13.5 Å². The fourth-order valence-electron chi connectivity index (χ4n) is 2.01. The molecule has 1 N–H and O–H groups in total. The maximum atomic E-state index is 12.5. The summed E-state index contributed by atoms with van der Waals surface area (Å²) in [5, 5.41) is 14.8. The molecule has 1 aromatic heterocycles. The van der Waals surface area contributed by atoms with Crippen molar-refractivity contribution in [2.45, 2.75) is 4.90 Å². The van der Waals surface area contributed by atoms with E-state index in [1.807, 2.05) is 0 Å². The van der Waals surface area contributed by atoms with Crippen LogP contribution in [0.3, 0.4) is 0 Å². The molecular formula is C15H10Cl2N2O3S. The predicted octanol–water partition coefficient (Wildman–Crippen LogP) is 3.80. The number of rotatable bonds is 3. The molecule has 0 radical (unpaired) electrons. The van der Waals surface area contributed by atoms with E-state index < -0.39 is 10.0 Å². The van der Waals surface area contributed by atoms with Crippen LogP contribution in [0.1, 0.15) is 0 Å². The van der Waals surface area contributed by atoms with Crippen molar-refractivity contribution >= 4 is 33.2 Å². The molecule has 2 aromatic carbocycles. The first-order chi connectivity index (χ1) is 10.9. The third kappa shape index (κ3) is 3.06. The molecule has 0 aliphatic rings. The second-order valence-electron chi connectivity index (χ2n) is 4.69. The van der Waals surface area contributed by atoms with Crippen molar-refractivity contribution < 1.29 is 13.5 Å². The Balaban J connectivity index is 2.05. The van der Waals surface area contributed by atoms with Crippen molar-refractivity contribution in [3.63, 3.8) is 0 Å². The summed E-state index contributed by atoms with van der Waals surface area (Å²) in [4.78, 5) is 0.0619. The smallest absolute Gasteiger partial charge is 0.282 e. The van der Waals surface area contributed by atoms with Crippen LogP contribution in [0.15, 0.2) is 59.6 Å². The van der Waals surface area contributed by atoms with E-state index in [0.717, 1.165) is 4.09 Å². The molecule has 5 nitrogen and oxygen atoms in total. The van der Waals surface area contributed by atoms with E-state index in [2.05, 4.69) is 5.10 Å². The molecule has 3 aromatic rings. The molecule has 118 valence electrons. The minimum Gasteiger partial charge on any atom is -0.507 e. The normalized spacial score (nSPS) is 11.6. The van der Waals surface area contributed by atoms with Gasteiger partial charge in [-0.05, 0) is 48.5 Å². The van der Waals surface area contributed by atoms with Gasteiger partial charge >= 0.3 is 0 Å². The van der Waals surface area contributed by atoms with Crippen LogP contribution in [-0.2, 0) is 10.0 Å². The fourth-order valence-corrected chi connectivity index (χ4v) is 3.42. The van der Waals surface area contributed by atoms with Gasteiger partial charge in [-0.15, -0.1) is 0 Å². The van der Waals surface area contributed by atoms with Gasteiger partial charge in [0, 0.05) is 21.8 Å². The molecule has 0 aliphatic heterocycles. The van der Waals surface area contributed by atoms with Crippen molar-refractivity contribution in [1.82, 2.24) is 9.19 Å². The Bertz CT molecular complexity index is 967. The number of phenols is 1. The SMILES string of the molecule is O=S(=O)(c1ccc(Cl)cc1)n1ccc(-c2cc(Cl)ccc2O)n1. The monoisotopic (exact) mass is 368 g/mol. The first-order valence-corrected chi connectivity index (χ1v) is 8.63. The quantitative estimate of drug-likeness (QED) is 0.762. The van der Waals surface area contributed by atoms with Gasteiger partial charge in [0.1, 0.15) is 5.75 Å². The lowest BCUT2D eigenvalue weighted by atomic mass is 10.1. The van der Waals surface area contributed by atoms with Gasteiger partial charge in [-0.3, -0.25) is 0 Å². The Morgan fingerprint density at radius 2 is 1.61 bits per heavy atom. The van der Waals surface area contributed by atoms with Crippen LogP contribution in [0.5, 0.6) is 5.75 Å².